The lowest BCUT2D eigenvalue weighted by Crippen LogP contribution is -2.50. The first-order valence-electron chi connectivity index (χ1n) is 7.23. The van der Waals surface area contributed by atoms with Crippen molar-refractivity contribution in [2.75, 3.05) is 13.1 Å². The van der Waals surface area contributed by atoms with Crippen molar-refractivity contribution in [3.63, 3.8) is 0 Å². The van der Waals surface area contributed by atoms with Crippen molar-refractivity contribution >= 4 is 33.1 Å². The van der Waals surface area contributed by atoms with Crippen molar-refractivity contribution < 1.29 is 9.59 Å². The highest BCUT2D eigenvalue weighted by Crippen LogP contribution is 2.26. The first-order valence-corrected chi connectivity index (χ1v) is 8.11. The maximum absolute atomic E-state index is 12.2. The van der Waals surface area contributed by atoms with Crippen molar-refractivity contribution in [1.29, 1.82) is 0 Å². The molecule has 0 radical (unpaired) electrons. The van der Waals surface area contributed by atoms with Crippen LogP contribution in [0, 0.1) is 0 Å². The molecule has 21 heavy (non-hydrogen) atoms. The molecule has 3 rings (SSSR count). The molecule has 1 aromatic carbocycles. The number of thiophene rings is 1. The Morgan fingerprint density at radius 1 is 1.29 bits per heavy atom. The molecule has 1 aliphatic heterocycles. The molecule has 1 aliphatic rings. The largest absolute Gasteiger partial charge is 0.355 e. The van der Waals surface area contributed by atoms with Gasteiger partial charge in [0.25, 0.3) is 0 Å². The lowest BCUT2D eigenvalue weighted by Gasteiger charge is -2.27. The summed E-state index contributed by atoms with van der Waals surface area (Å²) < 4.78 is 1.11. The molecule has 2 aromatic rings. The number of nitrogens with one attached hydrogen (secondary N) is 2. The maximum Gasteiger partial charge on any atom is 0.220 e. The Morgan fingerprint density at radius 3 is 2.86 bits per heavy atom. The number of carbonyl (C=O) groups is 2. The van der Waals surface area contributed by atoms with Crippen LogP contribution in [0.3, 0.4) is 0 Å². The van der Waals surface area contributed by atoms with Gasteiger partial charge in [0.2, 0.25) is 5.91 Å². The Bertz CT molecular complexity index is 661. The smallest absolute Gasteiger partial charge is 0.220 e. The summed E-state index contributed by atoms with van der Waals surface area (Å²) in [5.74, 6) is 0.000884. The van der Waals surface area contributed by atoms with Gasteiger partial charge in [0.1, 0.15) is 0 Å². The summed E-state index contributed by atoms with van der Waals surface area (Å²) >= 11 is 1.57. The highest BCUT2D eigenvalue weighted by molar-refractivity contribution is 7.17. The van der Waals surface area contributed by atoms with E-state index >= 15 is 0 Å². The molecule has 2 N–H and O–H groups in total. The van der Waals surface area contributed by atoms with Crippen molar-refractivity contribution in [3.8, 4) is 0 Å². The standard InChI is InChI=1S/C16H18N2O2S/c19-14(5-6-16(20)18-9-11-7-8-17-11)13-10-21-15-4-2-1-3-12(13)15/h1-4,10-11,17H,5-9H2,(H,18,20). The SMILES string of the molecule is O=C(CCC(=O)c1csc2ccccc12)NCC1CCN1. The van der Waals surface area contributed by atoms with Crippen LogP contribution in [0.15, 0.2) is 29.6 Å². The number of benzene rings is 1. The van der Waals surface area contributed by atoms with E-state index in [1.54, 1.807) is 11.3 Å². The molecular formula is C16H18N2O2S. The zero-order valence-corrected chi connectivity index (χ0v) is 12.5. The van der Waals surface area contributed by atoms with Crippen LogP contribution < -0.4 is 10.6 Å². The van der Waals surface area contributed by atoms with Gasteiger partial charge in [-0.25, -0.2) is 0 Å². The molecule has 0 saturated carbocycles. The van der Waals surface area contributed by atoms with Gasteiger partial charge in [0.15, 0.2) is 5.78 Å². The average Bonchev–Trinajstić information content (AvgIpc) is 2.87. The summed E-state index contributed by atoms with van der Waals surface area (Å²) in [6, 6.07) is 8.28. The van der Waals surface area contributed by atoms with E-state index in [4.69, 9.17) is 0 Å². The molecule has 0 bridgehead atoms. The Kier molecular flexibility index (Phi) is 4.31. The molecule has 1 amide bonds. The number of hydrogen-bond donors (Lipinski definition) is 2. The van der Waals surface area contributed by atoms with E-state index in [0.717, 1.165) is 28.6 Å². The quantitative estimate of drug-likeness (QED) is 0.805. The molecule has 110 valence electrons. The molecule has 1 unspecified atom stereocenters. The van der Waals surface area contributed by atoms with Gasteiger partial charge in [-0.2, -0.15) is 0 Å². The summed E-state index contributed by atoms with van der Waals surface area (Å²) in [4.78, 5) is 24.0. The predicted molar refractivity (Wildman–Crippen MR) is 84.8 cm³/mol. The molecule has 0 spiro atoms. The van der Waals surface area contributed by atoms with E-state index in [2.05, 4.69) is 10.6 Å². The fraction of sp³-hybridized carbons (Fsp3) is 0.375. The number of amides is 1. The minimum absolute atomic E-state index is 0.0448. The van der Waals surface area contributed by atoms with Gasteiger partial charge in [-0.3, -0.25) is 9.59 Å². The van der Waals surface area contributed by atoms with Crippen molar-refractivity contribution in [3.05, 3.63) is 35.2 Å². The summed E-state index contributed by atoms with van der Waals surface area (Å²) in [6.07, 6.45) is 1.64. The van der Waals surface area contributed by atoms with E-state index in [9.17, 15) is 9.59 Å². The zero-order valence-electron chi connectivity index (χ0n) is 11.7. The fourth-order valence-electron chi connectivity index (χ4n) is 2.40. The minimum atomic E-state index is -0.0448. The Labute approximate surface area is 127 Å². The molecule has 4 nitrogen and oxygen atoms in total. The van der Waals surface area contributed by atoms with Gasteiger partial charge in [0.05, 0.1) is 0 Å². The second kappa shape index (κ2) is 6.37. The van der Waals surface area contributed by atoms with Crippen LogP contribution in [0.25, 0.3) is 10.1 Å². The molecular weight excluding hydrogens is 284 g/mol. The van der Waals surface area contributed by atoms with Crippen LogP contribution in [-0.4, -0.2) is 30.8 Å². The first-order chi connectivity index (χ1) is 10.2. The van der Waals surface area contributed by atoms with E-state index in [-0.39, 0.29) is 24.5 Å². The van der Waals surface area contributed by atoms with E-state index in [0.29, 0.717) is 12.6 Å². The number of carbonyl (C=O) groups excluding carboxylic acids is 2. The fourth-order valence-corrected chi connectivity index (χ4v) is 3.37. The molecule has 1 saturated heterocycles. The van der Waals surface area contributed by atoms with Gasteiger partial charge in [-0.05, 0) is 19.0 Å². The Hall–Kier alpha value is -1.72. The van der Waals surface area contributed by atoms with E-state index in [1.807, 2.05) is 29.6 Å². The molecule has 1 atom stereocenters. The summed E-state index contributed by atoms with van der Waals surface area (Å²) in [5.41, 5.74) is 0.740. The maximum atomic E-state index is 12.2. The summed E-state index contributed by atoms with van der Waals surface area (Å²) in [5, 5.41) is 8.98. The van der Waals surface area contributed by atoms with Gasteiger partial charge >= 0.3 is 0 Å². The van der Waals surface area contributed by atoms with E-state index < -0.39 is 0 Å². The van der Waals surface area contributed by atoms with Gasteiger partial charge in [0, 0.05) is 46.5 Å². The monoisotopic (exact) mass is 302 g/mol. The number of Topliss-reactive ketones (excluding diaryl/α,β-unsaturated/α-hetero) is 1. The van der Waals surface area contributed by atoms with Gasteiger partial charge in [-0.15, -0.1) is 11.3 Å². The predicted octanol–water partition coefficient (Wildman–Crippen LogP) is 2.34. The minimum Gasteiger partial charge on any atom is -0.355 e. The van der Waals surface area contributed by atoms with Crippen molar-refractivity contribution in [1.82, 2.24) is 10.6 Å². The van der Waals surface area contributed by atoms with Crippen LogP contribution in [0.5, 0.6) is 0 Å². The Balaban J connectivity index is 1.52. The van der Waals surface area contributed by atoms with Crippen molar-refractivity contribution in [2.24, 2.45) is 0 Å². The normalized spacial score (nSPS) is 17.4. The lowest BCUT2D eigenvalue weighted by molar-refractivity contribution is -0.121. The molecule has 0 aliphatic carbocycles. The summed E-state index contributed by atoms with van der Waals surface area (Å²) in [7, 11) is 0. The van der Waals surface area contributed by atoms with Gasteiger partial charge < -0.3 is 10.6 Å². The van der Waals surface area contributed by atoms with Crippen LogP contribution >= 0.6 is 11.3 Å². The second-order valence-corrected chi connectivity index (χ2v) is 6.22. The highest BCUT2D eigenvalue weighted by Gasteiger charge is 2.17. The highest BCUT2D eigenvalue weighted by atomic mass is 32.1. The van der Waals surface area contributed by atoms with Crippen molar-refractivity contribution in [2.45, 2.75) is 25.3 Å². The lowest BCUT2D eigenvalue weighted by atomic mass is 10.1. The van der Waals surface area contributed by atoms with Crippen LogP contribution in [0.4, 0.5) is 0 Å². The number of fused-ring (bicyclic) bond motifs is 1. The number of hydrogen-bond acceptors (Lipinski definition) is 4. The molecule has 2 heterocycles. The van der Waals surface area contributed by atoms with Crippen LogP contribution in [-0.2, 0) is 4.79 Å². The number of ketones is 1. The van der Waals surface area contributed by atoms with Crippen LogP contribution in [0.1, 0.15) is 29.6 Å². The third-order valence-corrected chi connectivity index (χ3v) is 4.80. The third kappa shape index (κ3) is 3.31. The third-order valence-electron chi connectivity index (χ3n) is 3.83. The Morgan fingerprint density at radius 2 is 2.10 bits per heavy atom. The molecule has 5 heteroatoms. The first kappa shape index (κ1) is 14.2. The molecule has 1 aromatic heterocycles. The second-order valence-electron chi connectivity index (χ2n) is 5.31. The van der Waals surface area contributed by atoms with Gasteiger partial charge in [-0.1, -0.05) is 18.2 Å². The average molecular weight is 302 g/mol. The molecule has 1 fully saturated rings. The number of rotatable bonds is 6. The zero-order chi connectivity index (χ0) is 14.7. The van der Waals surface area contributed by atoms with Crippen LogP contribution in [0.2, 0.25) is 0 Å². The van der Waals surface area contributed by atoms with E-state index in [1.165, 1.54) is 0 Å². The topological polar surface area (TPSA) is 58.2 Å². The summed E-state index contributed by atoms with van der Waals surface area (Å²) in [6.45, 7) is 1.69.